The normalized spacial score (nSPS) is 8.94. The molecule has 0 amide bonds. The van der Waals surface area contributed by atoms with E-state index in [9.17, 15) is 0 Å². The average Bonchev–Trinajstić information content (AvgIpc) is 2.33. The molecule has 0 aromatic heterocycles. The Morgan fingerprint density at radius 1 is 1.06 bits per heavy atom. The SMILES string of the molecule is C#CCOc1cccc(OCC#C)c1CCl. The fourth-order valence-corrected chi connectivity index (χ4v) is 1.45. The van der Waals surface area contributed by atoms with Gasteiger partial charge < -0.3 is 9.47 Å². The highest BCUT2D eigenvalue weighted by Crippen LogP contribution is 2.30. The number of hydrogen-bond acceptors (Lipinski definition) is 2. The Morgan fingerprint density at radius 2 is 1.56 bits per heavy atom. The lowest BCUT2D eigenvalue weighted by atomic mass is 10.2. The van der Waals surface area contributed by atoms with Crippen molar-refractivity contribution in [2.45, 2.75) is 5.88 Å². The van der Waals surface area contributed by atoms with Crippen molar-refractivity contribution in [3.05, 3.63) is 23.8 Å². The molecular formula is C13H11ClO2. The molecule has 0 aliphatic carbocycles. The van der Waals surface area contributed by atoms with Gasteiger partial charge in [0.25, 0.3) is 0 Å². The zero-order chi connectivity index (χ0) is 11.8. The molecule has 0 spiro atoms. The van der Waals surface area contributed by atoms with Crippen LogP contribution in [0.4, 0.5) is 0 Å². The molecule has 1 rings (SSSR count). The number of ether oxygens (including phenoxy) is 2. The summed E-state index contributed by atoms with van der Waals surface area (Å²) in [6, 6.07) is 5.38. The molecule has 82 valence electrons. The summed E-state index contributed by atoms with van der Waals surface area (Å²) >= 11 is 5.83. The van der Waals surface area contributed by atoms with Crippen molar-refractivity contribution in [3.63, 3.8) is 0 Å². The van der Waals surface area contributed by atoms with Gasteiger partial charge in [0.2, 0.25) is 0 Å². The molecule has 0 bridgehead atoms. The largest absolute Gasteiger partial charge is 0.480 e. The summed E-state index contributed by atoms with van der Waals surface area (Å²) < 4.78 is 10.7. The molecule has 1 aromatic carbocycles. The molecule has 3 heteroatoms. The van der Waals surface area contributed by atoms with Gasteiger partial charge in [-0.1, -0.05) is 17.9 Å². The zero-order valence-corrected chi connectivity index (χ0v) is 9.46. The number of terminal acetylenes is 2. The second-order valence-corrected chi connectivity index (χ2v) is 3.12. The molecule has 1 aromatic rings. The highest BCUT2D eigenvalue weighted by molar-refractivity contribution is 6.17. The van der Waals surface area contributed by atoms with E-state index in [0.717, 1.165) is 5.56 Å². The Morgan fingerprint density at radius 3 is 1.94 bits per heavy atom. The Hall–Kier alpha value is -1.77. The quantitative estimate of drug-likeness (QED) is 0.576. The molecule has 0 saturated carbocycles. The van der Waals surface area contributed by atoms with Crippen molar-refractivity contribution >= 4 is 11.6 Å². The summed E-state index contributed by atoms with van der Waals surface area (Å²) in [5, 5.41) is 0. The maximum atomic E-state index is 5.83. The van der Waals surface area contributed by atoms with Gasteiger partial charge in [-0.25, -0.2) is 0 Å². The average molecular weight is 235 g/mol. The summed E-state index contributed by atoms with van der Waals surface area (Å²) in [6.45, 7) is 0.394. The van der Waals surface area contributed by atoms with E-state index >= 15 is 0 Å². The van der Waals surface area contributed by atoms with Gasteiger partial charge in [-0.2, -0.15) is 0 Å². The van der Waals surface area contributed by atoms with Crippen LogP contribution < -0.4 is 9.47 Å². The van der Waals surface area contributed by atoms with Crippen LogP contribution in [-0.4, -0.2) is 13.2 Å². The second kappa shape index (κ2) is 6.67. The molecule has 0 N–H and O–H groups in total. The van der Waals surface area contributed by atoms with Crippen molar-refractivity contribution < 1.29 is 9.47 Å². The van der Waals surface area contributed by atoms with E-state index in [1.807, 2.05) is 0 Å². The first-order valence-electron chi connectivity index (χ1n) is 4.63. The minimum absolute atomic E-state index is 0.197. The lowest BCUT2D eigenvalue weighted by Crippen LogP contribution is -2.01. The van der Waals surface area contributed by atoms with Crippen molar-refractivity contribution in [1.29, 1.82) is 0 Å². The van der Waals surface area contributed by atoms with E-state index in [0.29, 0.717) is 11.5 Å². The highest BCUT2D eigenvalue weighted by Gasteiger charge is 2.09. The predicted octanol–water partition coefficient (Wildman–Crippen LogP) is 2.45. The van der Waals surface area contributed by atoms with Crippen LogP contribution in [0.25, 0.3) is 0 Å². The van der Waals surface area contributed by atoms with Crippen LogP contribution in [0.1, 0.15) is 5.56 Å². The van der Waals surface area contributed by atoms with E-state index in [-0.39, 0.29) is 19.1 Å². The fourth-order valence-electron chi connectivity index (χ4n) is 1.19. The minimum Gasteiger partial charge on any atom is -0.480 e. The van der Waals surface area contributed by atoms with E-state index in [2.05, 4.69) is 11.8 Å². The van der Waals surface area contributed by atoms with Gasteiger partial charge in [-0.3, -0.25) is 0 Å². The third-order valence-corrected chi connectivity index (χ3v) is 2.11. The first kappa shape index (κ1) is 12.3. The maximum Gasteiger partial charge on any atom is 0.148 e. The summed E-state index contributed by atoms with van der Waals surface area (Å²) in [5.74, 6) is 6.32. The summed E-state index contributed by atoms with van der Waals surface area (Å²) in [6.07, 6.45) is 10.2. The highest BCUT2D eigenvalue weighted by atomic mass is 35.5. The van der Waals surface area contributed by atoms with Gasteiger partial charge in [0.15, 0.2) is 0 Å². The van der Waals surface area contributed by atoms with Gasteiger partial charge in [0.1, 0.15) is 24.7 Å². The Labute approximate surface area is 101 Å². The molecule has 0 unspecified atom stereocenters. The van der Waals surface area contributed by atoms with Gasteiger partial charge in [0.05, 0.1) is 11.4 Å². The van der Waals surface area contributed by atoms with Gasteiger partial charge in [0, 0.05) is 0 Å². The molecule has 0 aliphatic heterocycles. The Kier molecular flexibility index (Phi) is 5.12. The zero-order valence-electron chi connectivity index (χ0n) is 8.70. The molecule has 0 heterocycles. The Balaban J connectivity index is 2.92. The predicted molar refractivity (Wildman–Crippen MR) is 64.7 cm³/mol. The third kappa shape index (κ3) is 3.12. The molecule has 0 atom stereocenters. The molecule has 16 heavy (non-hydrogen) atoms. The van der Waals surface area contributed by atoms with Gasteiger partial charge in [-0.15, -0.1) is 24.4 Å². The molecule has 2 nitrogen and oxygen atoms in total. The second-order valence-electron chi connectivity index (χ2n) is 2.85. The van der Waals surface area contributed by atoms with Gasteiger partial charge in [-0.05, 0) is 12.1 Å². The summed E-state index contributed by atoms with van der Waals surface area (Å²) in [7, 11) is 0. The number of benzene rings is 1. The standard InChI is InChI=1S/C13H11ClO2/c1-3-8-15-12-6-5-7-13(11(12)10-14)16-9-4-2/h1-2,5-7H,8-10H2. The van der Waals surface area contributed by atoms with Crippen LogP contribution in [-0.2, 0) is 5.88 Å². The summed E-state index contributed by atoms with van der Waals surface area (Å²) in [4.78, 5) is 0. The number of rotatable bonds is 5. The Bertz CT molecular complexity index is 390. The molecule has 0 saturated heterocycles. The molecule has 0 radical (unpaired) electrons. The van der Waals surface area contributed by atoms with Crippen LogP contribution in [0.5, 0.6) is 11.5 Å². The van der Waals surface area contributed by atoms with Crippen LogP contribution in [0, 0.1) is 24.7 Å². The first-order chi connectivity index (χ1) is 7.83. The third-order valence-electron chi connectivity index (χ3n) is 1.85. The van der Waals surface area contributed by atoms with Crippen molar-refractivity contribution in [1.82, 2.24) is 0 Å². The lowest BCUT2D eigenvalue weighted by Gasteiger charge is -2.12. The van der Waals surface area contributed by atoms with Crippen molar-refractivity contribution in [2.75, 3.05) is 13.2 Å². The van der Waals surface area contributed by atoms with E-state index < -0.39 is 0 Å². The van der Waals surface area contributed by atoms with E-state index in [1.54, 1.807) is 18.2 Å². The summed E-state index contributed by atoms with van der Waals surface area (Å²) in [5.41, 5.74) is 0.759. The van der Waals surface area contributed by atoms with E-state index in [1.165, 1.54) is 0 Å². The molecule has 0 fully saturated rings. The minimum atomic E-state index is 0.197. The van der Waals surface area contributed by atoms with Crippen LogP contribution >= 0.6 is 11.6 Å². The van der Waals surface area contributed by atoms with Crippen LogP contribution in [0.2, 0.25) is 0 Å². The van der Waals surface area contributed by atoms with Gasteiger partial charge >= 0.3 is 0 Å². The van der Waals surface area contributed by atoms with Crippen LogP contribution in [0.15, 0.2) is 18.2 Å². The monoisotopic (exact) mass is 234 g/mol. The number of alkyl halides is 1. The molecular weight excluding hydrogens is 224 g/mol. The molecule has 0 aliphatic rings. The van der Waals surface area contributed by atoms with Crippen molar-refractivity contribution in [3.8, 4) is 36.2 Å². The first-order valence-corrected chi connectivity index (χ1v) is 5.17. The van der Waals surface area contributed by atoms with E-state index in [4.69, 9.17) is 33.9 Å². The van der Waals surface area contributed by atoms with Crippen molar-refractivity contribution in [2.24, 2.45) is 0 Å². The smallest absolute Gasteiger partial charge is 0.148 e. The lowest BCUT2D eigenvalue weighted by molar-refractivity contribution is 0.346. The topological polar surface area (TPSA) is 18.5 Å². The maximum absolute atomic E-state index is 5.83. The number of halogens is 1. The fraction of sp³-hybridized carbons (Fsp3) is 0.231. The number of hydrogen-bond donors (Lipinski definition) is 0. The van der Waals surface area contributed by atoms with Crippen LogP contribution in [0.3, 0.4) is 0 Å².